The van der Waals surface area contributed by atoms with Gasteiger partial charge in [0.05, 0.1) is 25.0 Å². The molecule has 0 aliphatic heterocycles. The fourth-order valence-corrected chi connectivity index (χ4v) is 1.02. The molecule has 0 unspecified atom stereocenters. The van der Waals surface area contributed by atoms with Crippen LogP contribution in [0.3, 0.4) is 0 Å². The summed E-state index contributed by atoms with van der Waals surface area (Å²) in [7, 11) is 1.62. The van der Waals surface area contributed by atoms with Crippen LogP contribution in [0.1, 0.15) is 0 Å². The Bertz CT molecular complexity index is 290. The second kappa shape index (κ2) is 6.92. The number of pyridine rings is 1. The molecule has 1 rings (SSSR count). The number of hydrogen-bond acceptors (Lipinski definition) is 4. The zero-order valence-corrected chi connectivity index (χ0v) is 8.69. The van der Waals surface area contributed by atoms with Gasteiger partial charge in [0.15, 0.2) is 0 Å². The van der Waals surface area contributed by atoms with Gasteiger partial charge in [-0.1, -0.05) is 0 Å². The van der Waals surface area contributed by atoms with Gasteiger partial charge < -0.3 is 15.4 Å². The normalized spacial score (nSPS) is 9.93. The van der Waals surface area contributed by atoms with Gasteiger partial charge in [-0.25, -0.2) is 0 Å². The highest BCUT2D eigenvalue weighted by atomic mass is 16.5. The van der Waals surface area contributed by atoms with Crippen molar-refractivity contribution >= 4 is 11.6 Å². The molecule has 0 radical (unpaired) electrons. The van der Waals surface area contributed by atoms with E-state index in [0.717, 1.165) is 0 Å². The number of methoxy groups -OCH3 is 1. The van der Waals surface area contributed by atoms with Crippen LogP contribution in [-0.4, -0.2) is 37.7 Å². The Morgan fingerprint density at radius 1 is 1.60 bits per heavy atom. The molecule has 0 fully saturated rings. The van der Waals surface area contributed by atoms with Gasteiger partial charge in [-0.2, -0.15) is 0 Å². The first-order valence-electron chi connectivity index (χ1n) is 4.72. The summed E-state index contributed by atoms with van der Waals surface area (Å²) in [5.74, 6) is -0.0842. The lowest BCUT2D eigenvalue weighted by molar-refractivity contribution is -0.115. The van der Waals surface area contributed by atoms with Crippen LogP contribution in [0.4, 0.5) is 5.69 Å². The van der Waals surface area contributed by atoms with Crippen molar-refractivity contribution in [2.75, 3.05) is 32.1 Å². The highest BCUT2D eigenvalue weighted by molar-refractivity contribution is 5.91. The van der Waals surface area contributed by atoms with Crippen LogP contribution in [0, 0.1) is 0 Å². The molecule has 5 nitrogen and oxygen atoms in total. The van der Waals surface area contributed by atoms with Crippen molar-refractivity contribution in [3.63, 3.8) is 0 Å². The Balaban J connectivity index is 2.19. The summed E-state index contributed by atoms with van der Waals surface area (Å²) in [6.45, 7) is 1.54. The van der Waals surface area contributed by atoms with E-state index in [0.29, 0.717) is 18.8 Å². The topological polar surface area (TPSA) is 63.2 Å². The second-order valence-electron chi connectivity index (χ2n) is 2.96. The molecule has 1 aromatic rings. The lowest BCUT2D eigenvalue weighted by Gasteiger charge is -2.05. The van der Waals surface area contributed by atoms with Crippen molar-refractivity contribution in [3.8, 4) is 0 Å². The zero-order valence-electron chi connectivity index (χ0n) is 8.69. The fraction of sp³-hybridized carbons (Fsp3) is 0.400. The lowest BCUT2D eigenvalue weighted by Crippen LogP contribution is -2.30. The smallest absolute Gasteiger partial charge is 0.238 e. The van der Waals surface area contributed by atoms with E-state index in [1.807, 2.05) is 0 Å². The van der Waals surface area contributed by atoms with Crippen LogP contribution in [0.5, 0.6) is 0 Å². The Morgan fingerprint density at radius 2 is 2.47 bits per heavy atom. The maximum absolute atomic E-state index is 11.3. The monoisotopic (exact) mass is 209 g/mol. The number of hydrogen-bond donors (Lipinski definition) is 2. The molecule has 82 valence electrons. The average molecular weight is 209 g/mol. The van der Waals surface area contributed by atoms with Crippen molar-refractivity contribution < 1.29 is 9.53 Å². The molecule has 0 bridgehead atoms. The molecule has 0 spiro atoms. The third kappa shape index (κ3) is 5.09. The summed E-state index contributed by atoms with van der Waals surface area (Å²) >= 11 is 0. The third-order valence-corrected chi connectivity index (χ3v) is 1.71. The average Bonchev–Trinajstić information content (AvgIpc) is 2.26. The van der Waals surface area contributed by atoms with Crippen molar-refractivity contribution in [2.45, 2.75) is 0 Å². The first-order chi connectivity index (χ1) is 7.33. The highest BCUT2D eigenvalue weighted by Gasteiger charge is 2.00. The Morgan fingerprint density at radius 3 is 3.13 bits per heavy atom. The number of anilines is 1. The van der Waals surface area contributed by atoms with E-state index in [4.69, 9.17) is 4.74 Å². The fourth-order valence-electron chi connectivity index (χ4n) is 1.02. The van der Waals surface area contributed by atoms with Gasteiger partial charge in [0.2, 0.25) is 5.91 Å². The van der Waals surface area contributed by atoms with E-state index in [-0.39, 0.29) is 12.5 Å². The molecule has 0 saturated carbocycles. The van der Waals surface area contributed by atoms with Gasteiger partial charge in [0.25, 0.3) is 0 Å². The standard InChI is InChI=1S/C10H15N3O2/c1-15-6-5-12-8-10(14)13-9-3-2-4-11-7-9/h2-4,7,12H,5-6,8H2,1H3,(H,13,14). The SMILES string of the molecule is COCCNCC(=O)Nc1cccnc1. The molecule has 1 amide bonds. The molecular formula is C10H15N3O2. The largest absolute Gasteiger partial charge is 0.383 e. The molecule has 0 aliphatic rings. The van der Waals surface area contributed by atoms with Crippen LogP contribution in [-0.2, 0) is 9.53 Å². The summed E-state index contributed by atoms with van der Waals surface area (Å²) in [4.78, 5) is 15.2. The van der Waals surface area contributed by atoms with E-state index in [9.17, 15) is 4.79 Å². The van der Waals surface area contributed by atoms with Gasteiger partial charge in [-0.05, 0) is 12.1 Å². The first kappa shape index (κ1) is 11.6. The summed E-state index contributed by atoms with van der Waals surface area (Å²) in [6, 6.07) is 3.56. The third-order valence-electron chi connectivity index (χ3n) is 1.71. The number of ether oxygens (including phenoxy) is 1. The minimum absolute atomic E-state index is 0.0842. The molecule has 0 saturated heterocycles. The zero-order chi connectivity index (χ0) is 10.9. The van der Waals surface area contributed by atoms with E-state index in [1.54, 1.807) is 31.6 Å². The predicted molar refractivity (Wildman–Crippen MR) is 57.6 cm³/mol. The number of amides is 1. The molecule has 0 aromatic carbocycles. The van der Waals surface area contributed by atoms with Gasteiger partial charge in [0, 0.05) is 19.9 Å². The van der Waals surface area contributed by atoms with E-state index in [2.05, 4.69) is 15.6 Å². The van der Waals surface area contributed by atoms with Crippen molar-refractivity contribution in [3.05, 3.63) is 24.5 Å². The van der Waals surface area contributed by atoms with Gasteiger partial charge >= 0.3 is 0 Å². The van der Waals surface area contributed by atoms with Crippen molar-refractivity contribution in [1.82, 2.24) is 10.3 Å². The van der Waals surface area contributed by atoms with Crippen LogP contribution in [0.25, 0.3) is 0 Å². The van der Waals surface area contributed by atoms with Gasteiger partial charge in [0.1, 0.15) is 0 Å². The number of carbonyl (C=O) groups excluding carboxylic acids is 1. The summed E-state index contributed by atoms with van der Waals surface area (Å²) < 4.78 is 4.84. The minimum atomic E-state index is -0.0842. The first-order valence-corrected chi connectivity index (χ1v) is 4.72. The molecule has 1 heterocycles. The second-order valence-corrected chi connectivity index (χ2v) is 2.96. The van der Waals surface area contributed by atoms with Crippen LogP contribution in [0.15, 0.2) is 24.5 Å². The molecule has 2 N–H and O–H groups in total. The number of aromatic nitrogens is 1. The lowest BCUT2D eigenvalue weighted by atomic mass is 10.4. The van der Waals surface area contributed by atoms with Crippen LogP contribution >= 0.6 is 0 Å². The number of nitrogens with zero attached hydrogens (tertiary/aromatic N) is 1. The predicted octanol–water partition coefficient (Wildman–Crippen LogP) is 0.256. The minimum Gasteiger partial charge on any atom is -0.383 e. The quantitative estimate of drug-likeness (QED) is 0.659. The molecule has 0 aliphatic carbocycles. The Kier molecular flexibility index (Phi) is 5.35. The van der Waals surface area contributed by atoms with Gasteiger partial charge in [-0.3, -0.25) is 9.78 Å². The maximum atomic E-state index is 11.3. The van der Waals surface area contributed by atoms with Crippen molar-refractivity contribution in [1.29, 1.82) is 0 Å². The molecular weight excluding hydrogens is 194 g/mol. The summed E-state index contributed by atoms with van der Waals surface area (Å²) in [6.07, 6.45) is 3.26. The number of nitrogens with one attached hydrogen (secondary N) is 2. The molecule has 15 heavy (non-hydrogen) atoms. The summed E-state index contributed by atoms with van der Waals surface area (Å²) in [5.41, 5.74) is 0.705. The number of carbonyl (C=O) groups is 1. The van der Waals surface area contributed by atoms with Crippen LogP contribution < -0.4 is 10.6 Å². The highest BCUT2D eigenvalue weighted by Crippen LogP contribution is 2.01. The number of rotatable bonds is 6. The van der Waals surface area contributed by atoms with E-state index < -0.39 is 0 Å². The van der Waals surface area contributed by atoms with E-state index >= 15 is 0 Å². The molecule has 5 heteroatoms. The molecule has 1 aromatic heterocycles. The van der Waals surface area contributed by atoms with Crippen molar-refractivity contribution in [2.24, 2.45) is 0 Å². The van der Waals surface area contributed by atoms with Crippen LogP contribution in [0.2, 0.25) is 0 Å². The Hall–Kier alpha value is -1.46. The Labute approximate surface area is 88.9 Å². The van der Waals surface area contributed by atoms with E-state index in [1.165, 1.54) is 0 Å². The molecule has 0 atom stereocenters. The van der Waals surface area contributed by atoms with Gasteiger partial charge in [-0.15, -0.1) is 0 Å². The maximum Gasteiger partial charge on any atom is 0.238 e. The summed E-state index contributed by atoms with van der Waals surface area (Å²) in [5, 5.41) is 5.66.